The zero-order chi connectivity index (χ0) is 37.0. The van der Waals surface area contributed by atoms with Crippen molar-refractivity contribution >= 4 is 43.6 Å². The van der Waals surface area contributed by atoms with Gasteiger partial charge in [-0.3, -0.25) is 0 Å². The van der Waals surface area contributed by atoms with Gasteiger partial charge >= 0.3 is 0 Å². The standard InChI is InChI=1S/C51H33N5/c1-4-16-34(17-5-1)35-30-32-36(33-31-35)49-52-50(41-24-14-28-45-47(41)39-22-10-12-26-43(39)55(45)37-18-6-2-7-19-37)54-51(53-49)42-25-15-29-46-48(42)40-23-11-13-27-44(40)56(46)38-20-8-3-9-21-38/h1-33H. The van der Waals surface area contributed by atoms with Gasteiger partial charge in [-0.05, 0) is 59.7 Å². The summed E-state index contributed by atoms with van der Waals surface area (Å²) in [5, 5.41) is 4.50. The monoisotopic (exact) mass is 715 g/mol. The van der Waals surface area contributed by atoms with Gasteiger partial charge in [0, 0.05) is 49.6 Å². The van der Waals surface area contributed by atoms with Crippen LogP contribution in [0.1, 0.15) is 0 Å². The van der Waals surface area contributed by atoms with Crippen LogP contribution in [0.2, 0.25) is 0 Å². The van der Waals surface area contributed by atoms with Crippen LogP contribution in [0.25, 0.3) is 100 Å². The van der Waals surface area contributed by atoms with Crippen LogP contribution in [-0.2, 0) is 0 Å². The van der Waals surface area contributed by atoms with Crippen molar-refractivity contribution in [2.24, 2.45) is 0 Å². The quantitative estimate of drug-likeness (QED) is 0.172. The second-order valence-electron chi connectivity index (χ2n) is 14.0. The fraction of sp³-hybridized carbons (Fsp3) is 0. The van der Waals surface area contributed by atoms with Crippen LogP contribution < -0.4 is 0 Å². The van der Waals surface area contributed by atoms with E-state index >= 15 is 0 Å². The first kappa shape index (κ1) is 31.9. The molecule has 262 valence electrons. The maximum atomic E-state index is 5.40. The number of fused-ring (bicyclic) bond motifs is 6. The van der Waals surface area contributed by atoms with Gasteiger partial charge in [-0.2, -0.15) is 0 Å². The van der Waals surface area contributed by atoms with E-state index in [0.717, 1.165) is 77.2 Å². The second-order valence-corrected chi connectivity index (χ2v) is 14.0. The molecule has 3 aromatic heterocycles. The lowest BCUT2D eigenvalue weighted by molar-refractivity contribution is 1.08. The molecule has 0 aliphatic carbocycles. The molecule has 0 fully saturated rings. The molecule has 0 atom stereocenters. The third-order valence-corrected chi connectivity index (χ3v) is 10.8. The van der Waals surface area contributed by atoms with Crippen molar-refractivity contribution in [3.63, 3.8) is 0 Å². The largest absolute Gasteiger partial charge is 0.309 e. The van der Waals surface area contributed by atoms with Gasteiger partial charge in [0.25, 0.3) is 0 Å². The molecule has 11 rings (SSSR count). The van der Waals surface area contributed by atoms with Crippen LogP contribution in [0.15, 0.2) is 200 Å². The summed E-state index contributed by atoms with van der Waals surface area (Å²) < 4.78 is 4.66. The molecule has 56 heavy (non-hydrogen) atoms. The maximum absolute atomic E-state index is 5.40. The summed E-state index contributed by atoms with van der Waals surface area (Å²) in [6, 6.07) is 70.2. The summed E-state index contributed by atoms with van der Waals surface area (Å²) in [4.78, 5) is 16.0. The van der Waals surface area contributed by atoms with Gasteiger partial charge < -0.3 is 9.13 Å². The number of para-hydroxylation sites is 4. The van der Waals surface area contributed by atoms with Crippen molar-refractivity contribution in [3.8, 4) is 56.7 Å². The van der Waals surface area contributed by atoms with E-state index in [0.29, 0.717) is 17.5 Å². The van der Waals surface area contributed by atoms with E-state index in [4.69, 9.17) is 15.0 Å². The first-order valence-corrected chi connectivity index (χ1v) is 18.9. The molecule has 0 saturated carbocycles. The van der Waals surface area contributed by atoms with Crippen molar-refractivity contribution < 1.29 is 0 Å². The molecular weight excluding hydrogens is 683 g/mol. The van der Waals surface area contributed by atoms with E-state index in [2.05, 4.69) is 203 Å². The third kappa shape index (κ3) is 5.13. The summed E-state index contributed by atoms with van der Waals surface area (Å²) >= 11 is 0. The predicted molar refractivity (Wildman–Crippen MR) is 230 cm³/mol. The van der Waals surface area contributed by atoms with Gasteiger partial charge in [0.05, 0.1) is 22.1 Å². The Balaban J connectivity index is 1.19. The summed E-state index contributed by atoms with van der Waals surface area (Å²) in [5.74, 6) is 1.88. The Morgan fingerprint density at radius 3 is 1.14 bits per heavy atom. The van der Waals surface area contributed by atoms with Gasteiger partial charge in [-0.25, -0.2) is 15.0 Å². The lowest BCUT2D eigenvalue weighted by Gasteiger charge is -2.12. The molecule has 8 aromatic carbocycles. The highest BCUT2D eigenvalue weighted by molar-refractivity contribution is 6.16. The topological polar surface area (TPSA) is 48.5 Å². The van der Waals surface area contributed by atoms with Crippen LogP contribution in [0.5, 0.6) is 0 Å². The minimum atomic E-state index is 0.622. The van der Waals surface area contributed by atoms with E-state index in [1.165, 1.54) is 5.56 Å². The second kappa shape index (κ2) is 13.0. The van der Waals surface area contributed by atoms with Crippen LogP contribution in [0, 0.1) is 0 Å². The van der Waals surface area contributed by atoms with Gasteiger partial charge in [-0.15, -0.1) is 0 Å². The highest BCUT2D eigenvalue weighted by atomic mass is 15.0. The Morgan fingerprint density at radius 1 is 0.268 bits per heavy atom. The molecule has 5 nitrogen and oxygen atoms in total. The molecule has 0 N–H and O–H groups in total. The Bertz CT molecular complexity index is 3040. The molecule has 0 aliphatic rings. The SMILES string of the molecule is c1ccc(-c2ccc(-c3nc(-c4cccc5c4c4ccccc4n5-c4ccccc4)nc(-c4cccc5c4c4ccccc4n5-c4ccccc4)n3)cc2)cc1. The number of hydrogen-bond acceptors (Lipinski definition) is 3. The molecule has 0 radical (unpaired) electrons. The molecule has 0 unspecified atom stereocenters. The summed E-state index contributed by atoms with van der Waals surface area (Å²) in [5.41, 5.74) is 11.8. The van der Waals surface area contributed by atoms with Gasteiger partial charge in [0.2, 0.25) is 0 Å². The Kier molecular flexibility index (Phi) is 7.42. The van der Waals surface area contributed by atoms with E-state index in [1.807, 2.05) is 6.07 Å². The number of hydrogen-bond donors (Lipinski definition) is 0. The first-order chi connectivity index (χ1) is 27.8. The number of benzene rings is 8. The molecule has 0 spiro atoms. The molecule has 0 aliphatic heterocycles. The average Bonchev–Trinajstić information content (AvgIpc) is 3.80. The van der Waals surface area contributed by atoms with Crippen molar-refractivity contribution in [1.29, 1.82) is 0 Å². The molecule has 0 amide bonds. The fourth-order valence-corrected chi connectivity index (χ4v) is 8.31. The van der Waals surface area contributed by atoms with E-state index in [-0.39, 0.29) is 0 Å². The molecular formula is C51H33N5. The Hall–Kier alpha value is -7.63. The summed E-state index contributed by atoms with van der Waals surface area (Å²) in [7, 11) is 0. The van der Waals surface area contributed by atoms with Gasteiger partial charge in [0.15, 0.2) is 17.5 Å². The van der Waals surface area contributed by atoms with Gasteiger partial charge in [0.1, 0.15) is 0 Å². The summed E-state index contributed by atoms with van der Waals surface area (Å²) in [6.45, 7) is 0. The molecule has 5 heteroatoms. The predicted octanol–water partition coefficient (Wildman–Crippen LogP) is 12.7. The minimum absolute atomic E-state index is 0.622. The third-order valence-electron chi connectivity index (χ3n) is 10.8. The molecule has 0 saturated heterocycles. The molecule has 3 heterocycles. The highest BCUT2D eigenvalue weighted by Gasteiger charge is 2.22. The number of nitrogens with zero attached hydrogens (tertiary/aromatic N) is 5. The average molecular weight is 716 g/mol. The minimum Gasteiger partial charge on any atom is -0.309 e. The van der Waals surface area contributed by atoms with Crippen molar-refractivity contribution in [2.75, 3.05) is 0 Å². The maximum Gasteiger partial charge on any atom is 0.164 e. The fourth-order valence-electron chi connectivity index (χ4n) is 8.31. The number of rotatable bonds is 6. The van der Waals surface area contributed by atoms with E-state index < -0.39 is 0 Å². The zero-order valence-corrected chi connectivity index (χ0v) is 30.3. The Morgan fingerprint density at radius 2 is 0.643 bits per heavy atom. The summed E-state index contributed by atoms with van der Waals surface area (Å²) in [6.07, 6.45) is 0. The van der Waals surface area contributed by atoms with Crippen LogP contribution in [0.4, 0.5) is 0 Å². The molecule has 0 bridgehead atoms. The van der Waals surface area contributed by atoms with Crippen LogP contribution >= 0.6 is 0 Å². The van der Waals surface area contributed by atoms with Crippen LogP contribution in [-0.4, -0.2) is 24.1 Å². The van der Waals surface area contributed by atoms with Gasteiger partial charge in [-0.1, -0.05) is 152 Å². The normalized spacial score (nSPS) is 11.6. The van der Waals surface area contributed by atoms with E-state index in [1.54, 1.807) is 0 Å². The van der Waals surface area contributed by atoms with Crippen molar-refractivity contribution in [3.05, 3.63) is 200 Å². The van der Waals surface area contributed by atoms with Crippen LogP contribution in [0.3, 0.4) is 0 Å². The van der Waals surface area contributed by atoms with Crippen molar-refractivity contribution in [2.45, 2.75) is 0 Å². The lowest BCUT2D eigenvalue weighted by atomic mass is 10.0. The Labute approximate surface area is 323 Å². The highest BCUT2D eigenvalue weighted by Crippen LogP contribution is 2.41. The van der Waals surface area contributed by atoms with Crippen molar-refractivity contribution in [1.82, 2.24) is 24.1 Å². The smallest absolute Gasteiger partial charge is 0.164 e. The first-order valence-electron chi connectivity index (χ1n) is 18.9. The number of aromatic nitrogens is 5. The lowest BCUT2D eigenvalue weighted by Crippen LogP contribution is -2.01. The molecule has 11 aromatic rings. The zero-order valence-electron chi connectivity index (χ0n) is 30.3. The van der Waals surface area contributed by atoms with E-state index in [9.17, 15) is 0 Å².